The Bertz CT molecular complexity index is 358. The van der Waals surface area contributed by atoms with E-state index in [-0.39, 0.29) is 37.3 Å². The normalized spacial score (nSPS) is 22.9. The molecule has 1 heterocycles. The average Bonchev–Trinajstić information content (AvgIpc) is 2.42. The molecular formula is C12H20N2O5. The molecule has 0 aromatic heterocycles. The van der Waals surface area contributed by atoms with Gasteiger partial charge in [0, 0.05) is 20.7 Å². The first-order valence-corrected chi connectivity index (χ1v) is 6.24. The van der Waals surface area contributed by atoms with Crippen LogP contribution in [0.25, 0.3) is 0 Å². The van der Waals surface area contributed by atoms with E-state index in [1.807, 2.05) is 0 Å². The summed E-state index contributed by atoms with van der Waals surface area (Å²) in [6.45, 7) is 0.394. The highest BCUT2D eigenvalue weighted by Gasteiger charge is 2.37. The lowest BCUT2D eigenvalue weighted by Crippen LogP contribution is -2.53. The molecule has 7 nitrogen and oxygen atoms in total. The predicted molar refractivity (Wildman–Crippen MR) is 66.4 cm³/mol. The average molecular weight is 272 g/mol. The summed E-state index contributed by atoms with van der Waals surface area (Å²) >= 11 is 0. The second kappa shape index (κ2) is 7.08. The van der Waals surface area contributed by atoms with Gasteiger partial charge in [0.15, 0.2) is 0 Å². The van der Waals surface area contributed by atoms with Gasteiger partial charge in [-0.05, 0) is 12.8 Å². The summed E-state index contributed by atoms with van der Waals surface area (Å²) in [5.41, 5.74) is 0. The number of carbonyl (C=O) groups excluding carboxylic acids is 2. The van der Waals surface area contributed by atoms with Crippen molar-refractivity contribution in [2.75, 3.05) is 27.3 Å². The molecular weight excluding hydrogens is 252 g/mol. The van der Waals surface area contributed by atoms with E-state index in [1.165, 1.54) is 19.1 Å². The number of hydrogen-bond acceptors (Lipinski definition) is 4. The topological polar surface area (TPSA) is 95.9 Å². The summed E-state index contributed by atoms with van der Waals surface area (Å²) in [5, 5.41) is 11.7. The maximum absolute atomic E-state index is 12.0. The molecule has 7 heteroatoms. The first kappa shape index (κ1) is 15.4. The highest BCUT2D eigenvalue weighted by atomic mass is 16.5. The number of carboxylic acids is 1. The molecule has 2 N–H and O–H groups in total. The molecule has 0 aromatic rings. The van der Waals surface area contributed by atoms with Gasteiger partial charge < -0.3 is 20.1 Å². The molecule has 19 heavy (non-hydrogen) atoms. The summed E-state index contributed by atoms with van der Waals surface area (Å²) < 4.78 is 4.82. The molecule has 0 saturated carbocycles. The van der Waals surface area contributed by atoms with Crippen molar-refractivity contribution in [2.24, 2.45) is 5.92 Å². The van der Waals surface area contributed by atoms with Gasteiger partial charge in [0.25, 0.3) is 0 Å². The number of aliphatic carboxylic acids is 1. The van der Waals surface area contributed by atoms with Gasteiger partial charge in [-0.2, -0.15) is 0 Å². The Morgan fingerprint density at radius 3 is 2.58 bits per heavy atom. The Kier molecular flexibility index (Phi) is 5.75. The van der Waals surface area contributed by atoms with Gasteiger partial charge in [0.05, 0.1) is 18.9 Å². The van der Waals surface area contributed by atoms with Crippen molar-refractivity contribution in [2.45, 2.75) is 25.3 Å². The largest absolute Gasteiger partial charge is 0.480 e. The zero-order valence-corrected chi connectivity index (χ0v) is 11.2. The smallest absolute Gasteiger partial charge is 0.326 e. The summed E-state index contributed by atoms with van der Waals surface area (Å²) in [6.07, 6.45) is 0.900. The van der Waals surface area contributed by atoms with Gasteiger partial charge in [0.1, 0.15) is 6.04 Å². The van der Waals surface area contributed by atoms with E-state index in [2.05, 4.69) is 5.32 Å². The van der Waals surface area contributed by atoms with Crippen LogP contribution in [0.1, 0.15) is 19.3 Å². The van der Waals surface area contributed by atoms with E-state index >= 15 is 0 Å². The number of hydrogen-bond donors (Lipinski definition) is 2. The lowest BCUT2D eigenvalue weighted by Gasteiger charge is -2.36. The molecule has 0 bridgehead atoms. The quantitative estimate of drug-likeness (QED) is 0.701. The second-order valence-corrected chi connectivity index (χ2v) is 4.53. The van der Waals surface area contributed by atoms with Gasteiger partial charge in [-0.15, -0.1) is 0 Å². The number of likely N-dealkylation sites (tertiary alicyclic amines) is 1. The van der Waals surface area contributed by atoms with Crippen LogP contribution in [0, 0.1) is 5.92 Å². The minimum atomic E-state index is -1.03. The summed E-state index contributed by atoms with van der Waals surface area (Å²) in [4.78, 5) is 36.0. The first-order chi connectivity index (χ1) is 9.01. The monoisotopic (exact) mass is 272 g/mol. The molecule has 0 aromatic carbocycles. The highest BCUT2D eigenvalue weighted by Crippen LogP contribution is 2.23. The molecule has 1 aliphatic rings. The minimum Gasteiger partial charge on any atom is -0.480 e. The fourth-order valence-electron chi connectivity index (χ4n) is 2.25. The Balaban J connectivity index is 2.75. The van der Waals surface area contributed by atoms with E-state index < -0.39 is 12.0 Å². The van der Waals surface area contributed by atoms with Gasteiger partial charge in [-0.25, -0.2) is 4.79 Å². The molecule has 2 atom stereocenters. The number of ether oxygens (including phenoxy) is 1. The number of piperidine rings is 1. The number of amides is 2. The van der Waals surface area contributed by atoms with Crippen molar-refractivity contribution in [3.8, 4) is 0 Å². The van der Waals surface area contributed by atoms with Gasteiger partial charge >= 0.3 is 5.97 Å². The summed E-state index contributed by atoms with van der Waals surface area (Å²) in [6, 6.07) is -0.842. The van der Waals surface area contributed by atoms with Gasteiger partial charge in [-0.1, -0.05) is 0 Å². The van der Waals surface area contributed by atoms with Crippen LogP contribution in [0.5, 0.6) is 0 Å². The van der Waals surface area contributed by atoms with Crippen molar-refractivity contribution in [1.82, 2.24) is 10.2 Å². The van der Waals surface area contributed by atoms with E-state index in [1.54, 1.807) is 0 Å². The van der Waals surface area contributed by atoms with Crippen LogP contribution < -0.4 is 5.32 Å². The van der Waals surface area contributed by atoms with E-state index in [0.29, 0.717) is 12.8 Å². The lowest BCUT2D eigenvalue weighted by atomic mass is 9.91. The molecule has 0 radical (unpaired) electrons. The third-order valence-electron chi connectivity index (χ3n) is 3.32. The van der Waals surface area contributed by atoms with Crippen LogP contribution in [-0.4, -0.2) is 61.1 Å². The molecule has 1 rings (SSSR count). The molecule has 108 valence electrons. The summed E-state index contributed by atoms with van der Waals surface area (Å²) in [7, 11) is 3.01. The summed E-state index contributed by atoms with van der Waals surface area (Å²) in [5.74, 6) is -1.82. The number of nitrogens with zero attached hydrogens (tertiary/aromatic N) is 1. The molecule has 0 aliphatic carbocycles. The Morgan fingerprint density at radius 2 is 2.05 bits per heavy atom. The van der Waals surface area contributed by atoms with Crippen molar-refractivity contribution >= 4 is 17.8 Å². The van der Waals surface area contributed by atoms with Gasteiger partial charge in [-0.3, -0.25) is 9.59 Å². The van der Waals surface area contributed by atoms with E-state index in [9.17, 15) is 14.4 Å². The van der Waals surface area contributed by atoms with Crippen molar-refractivity contribution in [1.29, 1.82) is 0 Å². The number of rotatable bonds is 5. The van der Waals surface area contributed by atoms with Crippen molar-refractivity contribution in [3.05, 3.63) is 0 Å². The van der Waals surface area contributed by atoms with Crippen LogP contribution in [0.2, 0.25) is 0 Å². The number of nitrogens with one attached hydrogen (secondary N) is 1. The highest BCUT2D eigenvalue weighted by molar-refractivity contribution is 5.86. The Hall–Kier alpha value is -1.63. The van der Waals surface area contributed by atoms with E-state index in [4.69, 9.17) is 9.84 Å². The zero-order valence-electron chi connectivity index (χ0n) is 11.2. The number of carbonyl (C=O) groups is 3. The molecule has 2 amide bonds. The van der Waals surface area contributed by atoms with Crippen LogP contribution in [0.15, 0.2) is 0 Å². The number of carboxylic acid groups (broad SMARTS) is 1. The third-order valence-corrected chi connectivity index (χ3v) is 3.32. The standard InChI is InChI=1S/C12H20N2O5/c1-13-11(16)8-3-4-9(12(17)18)14(7-8)10(15)5-6-19-2/h8-9H,3-7H2,1-2H3,(H,13,16)(H,17,18)/t8-,9-/m0/s1. The van der Waals surface area contributed by atoms with Crippen LogP contribution >= 0.6 is 0 Å². The fourth-order valence-corrected chi connectivity index (χ4v) is 2.25. The van der Waals surface area contributed by atoms with Crippen LogP contribution in [0.4, 0.5) is 0 Å². The molecule has 1 fully saturated rings. The molecule has 0 unspecified atom stereocenters. The van der Waals surface area contributed by atoms with Crippen LogP contribution in [-0.2, 0) is 19.1 Å². The lowest BCUT2D eigenvalue weighted by molar-refractivity contribution is -0.155. The second-order valence-electron chi connectivity index (χ2n) is 4.53. The van der Waals surface area contributed by atoms with Crippen LogP contribution in [0.3, 0.4) is 0 Å². The SMILES string of the molecule is CNC(=O)[C@H]1CC[C@@H](C(=O)O)N(C(=O)CCOC)C1. The minimum absolute atomic E-state index is 0.126. The van der Waals surface area contributed by atoms with E-state index in [0.717, 1.165) is 0 Å². The number of methoxy groups -OCH3 is 1. The maximum Gasteiger partial charge on any atom is 0.326 e. The molecule has 1 aliphatic heterocycles. The Labute approximate surface area is 111 Å². The zero-order chi connectivity index (χ0) is 14.4. The molecule has 1 saturated heterocycles. The fraction of sp³-hybridized carbons (Fsp3) is 0.750. The first-order valence-electron chi connectivity index (χ1n) is 6.24. The van der Waals surface area contributed by atoms with Crippen molar-refractivity contribution in [3.63, 3.8) is 0 Å². The van der Waals surface area contributed by atoms with Gasteiger partial charge in [0.2, 0.25) is 11.8 Å². The predicted octanol–water partition coefficient (Wildman–Crippen LogP) is -0.539. The maximum atomic E-state index is 12.0. The molecule has 0 spiro atoms. The van der Waals surface area contributed by atoms with Crippen molar-refractivity contribution < 1.29 is 24.2 Å². The Morgan fingerprint density at radius 1 is 1.37 bits per heavy atom. The third kappa shape index (κ3) is 3.92.